The molecule has 1 heterocycles. The molecule has 4 rings (SSSR count). The van der Waals surface area contributed by atoms with Crippen molar-refractivity contribution < 1.29 is 14.3 Å². The minimum atomic E-state index is -0.317. The molecule has 2 aromatic carbocycles. The minimum Gasteiger partial charge on any atom is -0.459 e. The maximum Gasteiger partial charge on any atom is 0.338 e. The van der Waals surface area contributed by atoms with E-state index in [1.54, 1.807) is 48.8 Å². The highest BCUT2D eigenvalue weighted by atomic mass is 16.5. The molecule has 1 aliphatic rings. The Balaban J connectivity index is 1.61. The van der Waals surface area contributed by atoms with Gasteiger partial charge in [0.05, 0.1) is 5.56 Å². The number of nitrogens with zero attached hydrogens (tertiary/aromatic N) is 1. The molecule has 0 bridgehead atoms. The topological polar surface area (TPSA) is 94.3 Å². The van der Waals surface area contributed by atoms with Gasteiger partial charge in [0.15, 0.2) is 0 Å². The van der Waals surface area contributed by atoms with Crippen molar-refractivity contribution in [2.24, 2.45) is 5.73 Å². The van der Waals surface area contributed by atoms with Crippen LogP contribution in [-0.4, -0.2) is 23.0 Å². The van der Waals surface area contributed by atoms with E-state index < -0.39 is 0 Å². The molecular formula is C24H23N3O3. The summed E-state index contributed by atoms with van der Waals surface area (Å²) in [6.45, 7) is 0.318. The van der Waals surface area contributed by atoms with Crippen molar-refractivity contribution in [1.29, 1.82) is 0 Å². The molecule has 0 spiro atoms. The quantitative estimate of drug-likeness (QED) is 0.605. The number of benzene rings is 2. The molecule has 0 aliphatic heterocycles. The Kier molecular flexibility index (Phi) is 5.86. The summed E-state index contributed by atoms with van der Waals surface area (Å²) < 4.78 is 5.52. The summed E-state index contributed by atoms with van der Waals surface area (Å²) in [5.74, 6) is -0.547. The van der Waals surface area contributed by atoms with Crippen molar-refractivity contribution in [3.63, 3.8) is 0 Å². The van der Waals surface area contributed by atoms with Gasteiger partial charge in [-0.25, -0.2) is 4.79 Å². The van der Waals surface area contributed by atoms with Gasteiger partial charge < -0.3 is 15.8 Å². The Labute approximate surface area is 175 Å². The van der Waals surface area contributed by atoms with Crippen LogP contribution in [0.5, 0.6) is 0 Å². The van der Waals surface area contributed by atoms with E-state index in [0.717, 1.165) is 36.0 Å². The van der Waals surface area contributed by atoms with E-state index in [0.29, 0.717) is 23.4 Å². The van der Waals surface area contributed by atoms with Crippen LogP contribution < -0.4 is 11.1 Å². The first kappa shape index (κ1) is 19.8. The predicted molar refractivity (Wildman–Crippen MR) is 115 cm³/mol. The zero-order chi connectivity index (χ0) is 20.9. The number of rotatable bonds is 6. The SMILES string of the molecule is NCc1ccc(C(=O)Nc2ccncc2)cc1-c1cccc(C(=O)OC2CCC2)c1. The molecule has 0 unspecified atom stereocenters. The summed E-state index contributed by atoms with van der Waals surface area (Å²) >= 11 is 0. The second-order valence-electron chi connectivity index (χ2n) is 7.31. The zero-order valence-electron chi connectivity index (χ0n) is 16.5. The Morgan fingerprint density at radius 3 is 2.53 bits per heavy atom. The van der Waals surface area contributed by atoms with Gasteiger partial charge in [-0.1, -0.05) is 18.2 Å². The second kappa shape index (κ2) is 8.88. The number of amides is 1. The standard InChI is InChI=1S/C24H23N3O3/c25-15-19-8-7-17(23(28)27-20-9-11-26-12-10-20)14-22(19)16-3-1-4-18(13-16)24(29)30-21-5-2-6-21/h1,3-4,7-14,21H,2,5-6,15,25H2,(H,26,27,28). The Morgan fingerprint density at radius 2 is 1.83 bits per heavy atom. The Hall–Kier alpha value is -3.51. The van der Waals surface area contributed by atoms with Crippen LogP contribution in [0.2, 0.25) is 0 Å². The van der Waals surface area contributed by atoms with E-state index in [-0.39, 0.29) is 18.0 Å². The number of aromatic nitrogens is 1. The average Bonchev–Trinajstić information content (AvgIpc) is 2.76. The van der Waals surface area contributed by atoms with E-state index in [9.17, 15) is 9.59 Å². The van der Waals surface area contributed by atoms with Gasteiger partial charge >= 0.3 is 5.97 Å². The summed E-state index contributed by atoms with van der Waals surface area (Å²) in [7, 11) is 0. The molecule has 30 heavy (non-hydrogen) atoms. The number of nitrogens with one attached hydrogen (secondary N) is 1. The fraction of sp³-hybridized carbons (Fsp3) is 0.208. The molecule has 152 valence electrons. The third kappa shape index (κ3) is 4.39. The molecule has 1 amide bonds. The summed E-state index contributed by atoms with van der Waals surface area (Å²) in [5.41, 5.74) is 10.1. The number of hydrogen-bond acceptors (Lipinski definition) is 5. The van der Waals surface area contributed by atoms with Crippen LogP contribution in [0.15, 0.2) is 67.0 Å². The molecule has 3 N–H and O–H groups in total. The number of ether oxygens (including phenoxy) is 1. The number of esters is 1. The monoisotopic (exact) mass is 401 g/mol. The summed E-state index contributed by atoms with van der Waals surface area (Å²) in [4.78, 5) is 29.1. The molecule has 1 aromatic heterocycles. The molecule has 1 aliphatic carbocycles. The largest absolute Gasteiger partial charge is 0.459 e. The van der Waals surface area contributed by atoms with Gasteiger partial charge in [-0.3, -0.25) is 9.78 Å². The number of nitrogens with two attached hydrogens (primary N) is 1. The molecule has 6 heteroatoms. The molecule has 1 fully saturated rings. The summed E-state index contributed by atoms with van der Waals surface area (Å²) in [6.07, 6.45) is 6.22. The van der Waals surface area contributed by atoms with Crippen molar-refractivity contribution in [2.75, 3.05) is 5.32 Å². The van der Waals surface area contributed by atoms with Crippen molar-refractivity contribution in [2.45, 2.75) is 31.9 Å². The van der Waals surface area contributed by atoms with Crippen LogP contribution in [0, 0.1) is 0 Å². The van der Waals surface area contributed by atoms with Crippen molar-refractivity contribution in [1.82, 2.24) is 4.98 Å². The Morgan fingerprint density at radius 1 is 1.03 bits per heavy atom. The number of pyridine rings is 1. The van der Waals surface area contributed by atoms with Gasteiger partial charge in [0.25, 0.3) is 5.91 Å². The third-order valence-corrected chi connectivity index (χ3v) is 5.27. The summed E-state index contributed by atoms with van der Waals surface area (Å²) in [5, 5.41) is 2.85. The van der Waals surface area contributed by atoms with Gasteiger partial charge in [-0.05, 0) is 72.4 Å². The number of anilines is 1. The van der Waals surface area contributed by atoms with Gasteiger partial charge in [-0.2, -0.15) is 0 Å². The molecule has 3 aromatic rings. The maximum absolute atomic E-state index is 12.7. The number of carbonyl (C=O) groups is 2. The molecule has 0 atom stereocenters. The fourth-order valence-corrected chi connectivity index (χ4v) is 3.32. The van der Waals surface area contributed by atoms with Gasteiger partial charge in [0.1, 0.15) is 6.10 Å². The van der Waals surface area contributed by atoms with Gasteiger partial charge in [0, 0.05) is 30.2 Å². The van der Waals surface area contributed by atoms with Crippen molar-refractivity contribution >= 4 is 17.6 Å². The first-order chi connectivity index (χ1) is 14.6. The molecule has 0 saturated heterocycles. The lowest BCUT2D eigenvalue weighted by molar-refractivity contribution is 0.00900. The van der Waals surface area contributed by atoms with Crippen LogP contribution in [-0.2, 0) is 11.3 Å². The highest BCUT2D eigenvalue weighted by Crippen LogP contribution is 2.28. The highest BCUT2D eigenvalue weighted by Gasteiger charge is 2.22. The summed E-state index contributed by atoms with van der Waals surface area (Å²) in [6, 6.07) is 16.1. The minimum absolute atomic E-state index is 0.0287. The number of carbonyl (C=O) groups excluding carboxylic acids is 2. The lowest BCUT2D eigenvalue weighted by Gasteiger charge is -2.25. The third-order valence-electron chi connectivity index (χ3n) is 5.27. The molecule has 0 radical (unpaired) electrons. The average molecular weight is 401 g/mol. The van der Waals surface area contributed by atoms with E-state index in [1.165, 1.54) is 0 Å². The highest BCUT2D eigenvalue weighted by molar-refractivity contribution is 6.05. The van der Waals surface area contributed by atoms with E-state index in [4.69, 9.17) is 10.5 Å². The lowest BCUT2D eigenvalue weighted by Crippen LogP contribution is -2.25. The van der Waals surface area contributed by atoms with Crippen molar-refractivity contribution in [3.05, 3.63) is 83.7 Å². The van der Waals surface area contributed by atoms with E-state index in [2.05, 4.69) is 10.3 Å². The fourth-order valence-electron chi connectivity index (χ4n) is 3.32. The molecule has 6 nitrogen and oxygen atoms in total. The van der Waals surface area contributed by atoms with Crippen LogP contribution in [0.1, 0.15) is 45.5 Å². The maximum atomic E-state index is 12.7. The molecular weight excluding hydrogens is 378 g/mol. The van der Waals surface area contributed by atoms with Crippen LogP contribution >= 0.6 is 0 Å². The Bertz CT molecular complexity index is 1060. The molecule has 1 saturated carbocycles. The van der Waals surface area contributed by atoms with E-state index in [1.807, 2.05) is 18.2 Å². The van der Waals surface area contributed by atoms with E-state index >= 15 is 0 Å². The lowest BCUT2D eigenvalue weighted by atomic mass is 9.95. The van der Waals surface area contributed by atoms with Gasteiger partial charge in [0.2, 0.25) is 0 Å². The second-order valence-corrected chi connectivity index (χ2v) is 7.31. The van der Waals surface area contributed by atoms with Crippen LogP contribution in [0.25, 0.3) is 11.1 Å². The first-order valence-corrected chi connectivity index (χ1v) is 10.00. The number of hydrogen-bond donors (Lipinski definition) is 2. The van der Waals surface area contributed by atoms with Crippen molar-refractivity contribution in [3.8, 4) is 11.1 Å². The van der Waals surface area contributed by atoms with Crippen LogP contribution in [0.4, 0.5) is 5.69 Å². The predicted octanol–water partition coefficient (Wildman–Crippen LogP) is 4.17. The normalized spacial score (nSPS) is 13.4. The van der Waals surface area contributed by atoms with Crippen LogP contribution in [0.3, 0.4) is 0 Å². The first-order valence-electron chi connectivity index (χ1n) is 10.00. The van der Waals surface area contributed by atoms with Gasteiger partial charge in [-0.15, -0.1) is 0 Å². The smallest absolute Gasteiger partial charge is 0.338 e. The zero-order valence-corrected chi connectivity index (χ0v) is 16.5.